The molecule has 1 aliphatic rings. The van der Waals surface area contributed by atoms with Crippen LogP contribution in [-0.4, -0.2) is 23.5 Å². The topological polar surface area (TPSA) is 68.1 Å². The number of rotatable bonds is 3. The maximum Gasteiger partial charge on any atom is 0.370 e. The zero-order valence-electron chi connectivity index (χ0n) is 5.70. The lowest BCUT2D eigenvalue weighted by Gasteiger charge is -2.02. The van der Waals surface area contributed by atoms with E-state index in [-0.39, 0.29) is 6.61 Å². The predicted octanol–water partition coefficient (Wildman–Crippen LogP) is 0.477. The van der Waals surface area contributed by atoms with Crippen LogP contribution in [-0.2, 0) is 14.3 Å². The summed E-state index contributed by atoms with van der Waals surface area (Å²) >= 11 is 5.04. The van der Waals surface area contributed by atoms with E-state index in [0.717, 1.165) is 0 Å². The van der Waals surface area contributed by atoms with Gasteiger partial charge in [-0.15, -0.1) is 10.2 Å². The van der Waals surface area contributed by atoms with Crippen LogP contribution in [0.25, 0.3) is 0 Å². The second kappa shape index (κ2) is 2.58. The van der Waals surface area contributed by atoms with Gasteiger partial charge in [0.1, 0.15) is 0 Å². The molecule has 0 spiro atoms. The SMILES string of the molecule is CCOC(=O)C1(C(=O)Cl)N=N1. The predicted molar refractivity (Wildman–Crippen MR) is 35.1 cm³/mol. The molecule has 0 aromatic rings. The third-order valence-electron chi connectivity index (χ3n) is 1.13. The number of carbonyl (C=O) groups excluding carboxylic acids is 2. The minimum Gasteiger partial charge on any atom is -0.462 e. The number of esters is 1. The first-order valence-electron chi connectivity index (χ1n) is 2.94. The number of nitrogens with zero attached hydrogens (tertiary/aromatic N) is 2. The maximum absolute atomic E-state index is 10.9. The summed E-state index contributed by atoms with van der Waals surface area (Å²) < 4.78 is 4.50. The van der Waals surface area contributed by atoms with Gasteiger partial charge in [-0.3, -0.25) is 4.79 Å². The highest BCUT2D eigenvalue weighted by atomic mass is 35.5. The van der Waals surface area contributed by atoms with Crippen molar-refractivity contribution < 1.29 is 14.3 Å². The third-order valence-corrected chi connectivity index (χ3v) is 1.40. The fourth-order valence-electron chi connectivity index (χ4n) is 0.522. The van der Waals surface area contributed by atoms with Gasteiger partial charge in [0.25, 0.3) is 5.24 Å². The van der Waals surface area contributed by atoms with Crippen molar-refractivity contribution in [3.05, 3.63) is 0 Å². The Labute approximate surface area is 67.4 Å². The molecule has 0 aromatic heterocycles. The molecule has 0 unspecified atom stereocenters. The van der Waals surface area contributed by atoms with Crippen LogP contribution in [0.1, 0.15) is 6.92 Å². The Balaban J connectivity index is 2.59. The molecule has 5 nitrogen and oxygen atoms in total. The molecule has 0 radical (unpaired) electrons. The first-order valence-corrected chi connectivity index (χ1v) is 3.32. The summed E-state index contributed by atoms with van der Waals surface area (Å²) in [5.74, 6) is -0.806. The lowest BCUT2D eigenvalue weighted by Crippen LogP contribution is -2.32. The highest BCUT2D eigenvalue weighted by Crippen LogP contribution is 2.31. The average molecular weight is 177 g/mol. The molecular formula is C5H5ClN2O3. The molecule has 0 saturated carbocycles. The number of hydrogen-bond donors (Lipinski definition) is 0. The Morgan fingerprint density at radius 1 is 1.55 bits per heavy atom. The highest BCUT2D eigenvalue weighted by molar-refractivity contribution is 6.68. The van der Waals surface area contributed by atoms with Crippen LogP contribution in [0.15, 0.2) is 10.2 Å². The van der Waals surface area contributed by atoms with Crippen molar-refractivity contribution >= 4 is 22.8 Å². The van der Waals surface area contributed by atoms with E-state index >= 15 is 0 Å². The maximum atomic E-state index is 10.9. The van der Waals surface area contributed by atoms with Crippen molar-refractivity contribution in [2.24, 2.45) is 10.2 Å². The van der Waals surface area contributed by atoms with Gasteiger partial charge < -0.3 is 4.74 Å². The van der Waals surface area contributed by atoms with Crippen LogP contribution in [0.4, 0.5) is 0 Å². The molecule has 60 valence electrons. The van der Waals surface area contributed by atoms with E-state index in [1.54, 1.807) is 6.92 Å². The van der Waals surface area contributed by atoms with Crippen molar-refractivity contribution in [3.8, 4) is 0 Å². The van der Waals surface area contributed by atoms with Crippen LogP contribution in [0, 0.1) is 0 Å². The second-order valence-electron chi connectivity index (χ2n) is 1.87. The molecule has 0 atom stereocenters. The van der Waals surface area contributed by atoms with E-state index in [4.69, 9.17) is 11.6 Å². The van der Waals surface area contributed by atoms with E-state index in [0.29, 0.717) is 0 Å². The van der Waals surface area contributed by atoms with Gasteiger partial charge in [-0.05, 0) is 18.5 Å². The molecule has 1 rings (SSSR count). The zero-order valence-corrected chi connectivity index (χ0v) is 6.46. The van der Waals surface area contributed by atoms with Gasteiger partial charge in [0, 0.05) is 0 Å². The van der Waals surface area contributed by atoms with Crippen LogP contribution < -0.4 is 0 Å². The minimum absolute atomic E-state index is 0.176. The summed E-state index contributed by atoms with van der Waals surface area (Å²) in [4.78, 5) is 21.4. The van der Waals surface area contributed by atoms with Gasteiger partial charge in [-0.25, -0.2) is 4.79 Å². The quantitative estimate of drug-likeness (QED) is 0.357. The molecule has 0 aliphatic carbocycles. The molecule has 1 aliphatic heterocycles. The Morgan fingerprint density at radius 3 is 2.36 bits per heavy atom. The highest BCUT2D eigenvalue weighted by Gasteiger charge is 2.57. The Kier molecular flexibility index (Phi) is 1.90. The molecule has 0 aromatic carbocycles. The molecule has 11 heavy (non-hydrogen) atoms. The van der Waals surface area contributed by atoms with E-state index in [1.165, 1.54) is 0 Å². The molecule has 0 saturated heterocycles. The summed E-state index contributed by atoms with van der Waals surface area (Å²) in [5, 5.41) is 5.52. The fourth-order valence-corrected chi connectivity index (χ4v) is 0.675. The second-order valence-corrected chi connectivity index (χ2v) is 2.21. The fraction of sp³-hybridized carbons (Fsp3) is 0.600. The van der Waals surface area contributed by atoms with Crippen molar-refractivity contribution in [2.75, 3.05) is 6.61 Å². The number of carbonyl (C=O) groups is 2. The molecule has 1 heterocycles. The van der Waals surface area contributed by atoms with Crippen LogP contribution >= 0.6 is 11.6 Å². The summed E-state index contributed by atoms with van der Waals surface area (Å²) in [5.41, 5.74) is -1.72. The van der Waals surface area contributed by atoms with Crippen molar-refractivity contribution in [2.45, 2.75) is 12.6 Å². The smallest absolute Gasteiger partial charge is 0.370 e. The molecule has 0 N–H and O–H groups in total. The van der Waals surface area contributed by atoms with Crippen LogP contribution in [0.3, 0.4) is 0 Å². The largest absolute Gasteiger partial charge is 0.462 e. The minimum atomic E-state index is -1.72. The number of ether oxygens (including phenoxy) is 1. The Morgan fingerprint density at radius 2 is 2.09 bits per heavy atom. The van der Waals surface area contributed by atoms with Crippen molar-refractivity contribution in [1.82, 2.24) is 0 Å². The van der Waals surface area contributed by atoms with Gasteiger partial charge in [-0.2, -0.15) is 0 Å². The summed E-state index contributed by atoms with van der Waals surface area (Å²) in [6.45, 7) is 1.79. The Hall–Kier alpha value is -0.970. The van der Waals surface area contributed by atoms with Gasteiger partial charge >= 0.3 is 11.6 Å². The Bertz CT molecular complexity index is 232. The summed E-state index contributed by atoms with van der Waals surface area (Å²) in [6, 6.07) is 0. The van der Waals surface area contributed by atoms with Gasteiger partial charge in [0.05, 0.1) is 6.61 Å². The average Bonchev–Trinajstić information content (AvgIpc) is 2.66. The van der Waals surface area contributed by atoms with E-state index < -0.39 is 16.9 Å². The number of hydrogen-bond acceptors (Lipinski definition) is 5. The summed E-state index contributed by atoms with van der Waals surface area (Å²) in [7, 11) is 0. The van der Waals surface area contributed by atoms with Crippen molar-refractivity contribution in [3.63, 3.8) is 0 Å². The van der Waals surface area contributed by atoms with Crippen LogP contribution in [0.5, 0.6) is 0 Å². The van der Waals surface area contributed by atoms with Crippen LogP contribution in [0.2, 0.25) is 0 Å². The lowest BCUT2D eigenvalue weighted by atomic mass is 10.3. The van der Waals surface area contributed by atoms with Gasteiger partial charge in [0.15, 0.2) is 0 Å². The van der Waals surface area contributed by atoms with E-state index in [9.17, 15) is 9.59 Å². The summed E-state index contributed by atoms with van der Waals surface area (Å²) in [6.07, 6.45) is 0. The van der Waals surface area contributed by atoms with Crippen molar-refractivity contribution in [1.29, 1.82) is 0 Å². The first kappa shape index (κ1) is 8.13. The molecular weight excluding hydrogens is 172 g/mol. The molecule has 6 heteroatoms. The monoisotopic (exact) mass is 176 g/mol. The van der Waals surface area contributed by atoms with E-state index in [2.05, 4.69) is 15.0 Å². The zero-order chi connectivity index (χ0) is 8.48. The third kappa shape index (κ3) is 1.23. The normalized spacial score (nSPS) is 17.6. The lowest BCUT2D eigenvalue weighted by molar-refractivity contribution is -0.148. The van der Waals surface area contributed by atoms with Gasteiger partial charge in [0.2, 0.25) is 0 Å². The molecule has 0 amide bonds. The molecule has 0 fully saturated rings. The standard InChI is InChI=1S/C5H5ClN2O3/c1-2-11-4(10)5(3(6)9)7-8-5/h2H2,1H3. The van der Waals surface area contributed by atoms with Gasteiger partial charge in [-0.1, -0.05) is 0 Å². The first-order chi connectivity index (χ1) is 5.13. The molecule has 0 bridgehead atoms. The van der Waals surface area contributed by atoms with E-state index in [1.807, 2.05) is 0 Å². The number of halogens is 1.